The van der Waals surface area contributed by atoms with Crippen LogP contribution in [0.15, 0.2) is 12.3 Å². The Kier molecular flexibility index (Phi) is 7.21. The molecular formula is C21H32N8O2. The molecule has 1 unspecified atom stereocenters. The van der Waals surface area contributed by atoms with Crippen molar-refractivity contribution in [1.82, 2.24) is 25.6 Å². The van der Waals surface area contributed by atoms with Crippen molar-refractivity contribution < 1.29 is 9.59 Å². The quantitative estimate of drug-likeness (QED) is 0.406. The van der Waals surface area contributed by atoms with Crippen LogP contribution in [0, 0.1) is 0 Å². The topological polar surface area (TPSA) is 147 Å². The van der Waals surface area contributed by atoms with Gasteiger partial charge in [0, 0.05) is 13.5 Å². The molecule has 0 radical (unpaired) electrons. The SMILES string of the molecule is CCCC[C@](C)(CNC(C)=O)Nc1nc(N)nc2cc(NC(=O)C3CCCN3)cnc12. The Hall–Kier alpha value is -3.01. The second kappa shape index (κ2) is 9.86. The van der Waals surface area contributed by atoms with E-state index in [0.717, 1.165) is 38.6 Å². The van der Waals surface area contributed by atoms with E-state index in [4.69, 9.17) is 5.73 Å². The van der Waals surface area contributed by atoms with Gasteiger partial charge in [-0.3, -0.25) is 9.59 Å². The lowest BCUT2D eigenvalue weighted by Crippen LogP contribution is -2.46. The van der Waals surface area contributed by atoms with Gasteiger partial charge in [-0.1, -0.05) is 19.8 Å². The summed E-state index contributed by atoms with van der Waals surface area (Å²) in [4.78, 5) is 37.0. The number of nitrogens with two attached hydrogens (primary N) is 1. The first-order valence-corrected chi connectivity index (χ1v) is 10.8. The summed E-state index contributed by atoms with van der Waals surface area (Å²) in [6.07, 6.45) is 6.25. The van der Waals surface area contributed by atoms with Gasteiger partial charge >= 0.3 is 0 Å². The molecule has 2 amide bonds. The van der Waals surface area contributed by atoms with Gasteiger partial charge in [-0.05, 0) is 38.8 Å². The molecular weight excluding hydrogens is 396 g/mol. The van der Waals surface area contributed by atoms with Gasteiger partial charge in [0.2, 0.25) is 17.8 Å². The van der Waals surface area contributed by atoms with E-state index in [1.165, 1.54) is 6.92 Å². The van der Waals surface area contributed by atoms with Crippen molar-refractivity contribution in [2.24, 2.45) is 0 Å². The van der Waals surface area contributed by atoms with Crippen LogP contribution in [0.1, 0.15) is 52.9 Å². The van der Waals surface area contributed by atoms with Gasteiger partial charge in [0.1, 0.15) is 5.52 Å². The number of hydrogen-bond donors (Lipinski definition) is 5. The Morgan fingerprint density at radius 2 is 2.16 bits per heavy atom. The molecule has 2 aromatic heterocycles. The lowest BCUT2D eigenvalue weighted by molar-refractivity contribution is -0.119. The monoisotopic (exact) mass is 428 g/mol. The fraction of sp³-hybridized carbons (Fsp3) is 0.571. The number of nitrogen functional groups attached to an aromatic ring is 1. The third kappa shape index (κ3) is 6.00. The van der Waals surface area contributed by atoms with E-state index in [-0.39, 0.29) is 23.8 Å². The minimum atomic E-state index is -0.432. The second-order valence-electron chi connectivity index (χ2n) is 8.36. The molecule has 3 rings (SSSR count). The number of fused-ring (bicyclic) bond motifs is 1. The normalized spacial score (nSPS) is 17.8. The van der Waals surface area contributed by atoms with Crippen molar-refractivity contribution in [3.63, 3.8) is 0 Å². The van der Waals surface area contributed by atoms with E-state index < -0.39 is 5.54 Å². The third-order valence-electron chi connectivity index (χ3n) is 5.43. The summed E-state index contributed by atoms with van der Waals surface area (Å²) in [5, 5.41) is 12.4. The molecule has 0 aromatic carbocycles. The minimum Gasteiger partial charge on any atom is -0.368 e. The van der Waals surface area contributed by atoms with E-state index >= 15 is 0 Å². The minimum absolute atomic E-state index is 0.0820. The number of rotatable bonds is 9. The molecule has 1 aliphatic rings. The zero-order valence-electron chi connectivity index (χ0n) is 18.4. The maximum atomic E-state index is 12.4. The highest BCUT2D eigenvalue weighted by Crippen LogP contribution is 2.26. The molecule has 31 heavy (non-hydrogen) atoms. The average molecular weight is 429 g/mol. The van der Waals surface area contributed by atoms with Crippen molar-refractivity contribution >= 4 is 40.3 Å². The van der Waals surface area contributed by atoms with Gasteiger partial charge in [0.05, 0.1) is 29.0 Å². The number of carbonyl (C=O) groups is 2. The molecule has 10 heteroatoms. The molecule has 2 atom stereocenters. The molecule has 0 spiro atoms. The summed E-state index contributed by atoms with van der Waals surface area (Å²) in [6, 6.07) is 1.56. The molecule has 168 valence electrons. The lowest BCUT2D eigenvalue weighted by atomic mass is 9.94. The predicted molar refractivity (Wildman–Crippen MR) is 122 cm³/mol. The van der Waals surface area contributed by atoms with E-state index in [9.17, 15) is 9.59 Å². The Morgan fingerprint density at radius 1 is 1.35 bits per heavy atom. The van der Waals surface area contributed by atoms with Gasteiger partial charge < -0.3 is 27.0 Å². The van der Waals surface area contributed by atoms with Crippen LogP contribution in [0.25, 0.3) is 11.0 Å². The standard InChI is InChI=1S/C21H32N8O2/c1-4-5-8-21(3,12-25-13(2)30)29-18-17-16(27-20(22)28-18)10-14(11-24-17)26-19(31)15-7-6-9-23-15/h10-11,15,23H,4-9,12H2,1-3H3,(H,25,30)(H,26,31)(H3,22,27,28,29)/t15?,21-/m1/s1. The summed E-state index contributed by atoms with van der Waals surface area (Å²) in [5.74, 6) is 0.435. The molecule has 10 nitrogen and oxygen atoms in total. The Morgan fingerprint density at radius 3 is 2.84 bits per heavy atom. The molecule has 0 aliphatic carbocycles. The number of carbonyl (C=O) groups excluding carboxylic acids is 2. The number of unbranched alkanes of at least 4 members (excludes halogenated alkanes) is 1. The van der Waals surface area contributed by atoms with E-state index in [1.54, 1.807) is 12.3 Å². The summed E-state index contributed by atoms with van der Waals surface area (Å²) in [7, 11) is 0. The van der Waals surface area contributed by atoms with Gasteiger partial charge in [0.25, 0.3) is 0 Å². The van der Waals surface area contributed by atoms with Gasteiger partial charge in [-0.25, -0.2) is 9.97 Å². The zero-order valence-corrected chi connectivity index (χ0v) is 18.4. The number of nitrogens with one attached hydrogen (secondary N) is 4. The number of aromatic nitrogens is 3. The summed E-state index contributed by atoms with van der Waals surface area (Å²) in [5.41, 5.74) is 7.17. The third-order valence-corrected chi connectivity index (χ3v) is 5.43. The molecule has 0 saturated carbocycles. The highest BCUT2D eigenvalue weighted by atomic mass is 16.2. The molecule has 0 bridgehead atoms. The Balaban J connectivity index is 1.85. The van der Waals surface area contributed by atoms with Crippen molar-refractivity contribution in [2.45, 2.75) is 64.5 Å². The predicted octanol–water partition coefficient (Wildman–Crippen LogP) is 1.79. The van der Waals surface area contributed by atoms with Crippen molar-refractivity contribution in [3.05, 3.63) is 12.3 Å². The highest BCUT2D eigenvalue weighted by Gasteiger charge is 2.26. The number of hydrogen-bond acceptors (Lipinski definition) is 8. The van der Waals surface area contributed by atoms with E-state index in [1.807, 2.05) is 6.92 Å². The second-order valence-corrected chi connectivity index (χ2v) is 8.36. The van der Waals surface area contributed by atoms with E-state index in [0.29, 0.717) is 29.1 Å². The average Bonchev–Trinajstić information content (AvgIpc) is 3.26. The molecule has 1 fully saturated rings. The maximum absolute atomic E-state index is 12.4. The summed E-state index contributed by atoms with van der Waals surface area (Å²) < 4.78 is 0. The summed E-state index contributed by atoms with van der Waals surface area (Å²) >= 11 is 0. The van der Waals surface area contributed by atoms with Crippen LogP contribution in [0.4, 0.5) is 17.5 Å². The highest BCUT2D eigenvalue weighted by molar-refractivity contribution is 5.97. The largest absolute Gasteiger partial charge is 0.368 e. The van der Waals surface area contributed by atoms with Crippen LogP contribution in [0.5, 0.6) is 0 Å². The molecule has 1 aliphatic heterocycles. The van der Waals surface area contributed by atoms with Gasteiger partial charge in [-0.2, -0.15) is 4.98 Å². The first kappa shape index (κ1) is 22.7. The van der Waals surface area contributed by atoms with Crippen molar-refractivity contribution in [2.75, 3.05) is 29.5 Å². The Labute approximate surface area is 182 Å². The number of nitrogens with zero attached hydrogens (tertiary/aromatic N) is 3. The Bertz CT molecular complexity index is 944. The van der Waals surface area contributed by atoms with E-state index in [2.05, 4.69) is 43.1 Å². The van der Waals surface area contributed by atoms with Gasteiger partial charge in [-0.15, -0.1) is 0 Å². The number of pyridine rings is 1. The van der Waals surface area contributed by atoms with Crippen LogP contribution >= 0.6 is 0 Å². The molecule has 6 N–H and O–H groups in total. The number of anilines is 3. The van der Waals surface area contributed by atoms with Crippen LogP contribution in [-0.2, 0) is 9.59 Å². The smallest absolute Gasteiger partial charge is 0.241 e. The van der Waals surface area contributed by atoms with Crippen LogP contribution in [-0.4, -0.2) is 51.4 Å². The van der Waals surface area contributed by atoms with Crippen LogP contribution in [0.3, 0.4) is 0 Å². The fourth-order valence-corrected chi connectivity index (χ4v) is 3.70. The molecule has 2 aromatic rings. The zero-order chi connectivity index (χ0) is 22.4. The molecule has 3 heterocycles. The van der Waals surface area contributed by atoms with Crippen LogP contribution in [0.2, 0.25) is 0 Å². The van der Waals surface area contributed by atoms with Crippen molar-refractivity contribution in [1.29, 1.82) is 0 Å². The lowest BCUT2D eigenvalue weighted by Gasteiger charge is -2.32. The summed E-state index contributed by atoms with van der Waals surface area (Å²) in [6.45, 7) is 6.94. The molecule has 1 saturated heterocycles. The van der Waals surface area contributed by atoms with Crippen molar-refractivity contribution in [3.8, 4) is 0 Å². The fourth-order valence-electron chi connectivity index (χ4n) is 3.70. The first-order valence-electron chi connectivity index (χ1n) is 10.8. The number of amides is 2. The first-order chi connectivity index (χ1) is 14.8. The van der Waals surface area contributed by atoms with Crippen LogP contribution < -0.4 is 27.0 Å². The van der Waals surface area contributed by atoms with Gasteiger partial charge in [0.15, 0.2) is 5.82 Å². The maximum Gasteiger partial charge on any atom is 0.241 e.